The summed E-state index contributed by atoms with van der Waals surface area (Å²) in [7, 11) is 1.97. The van der Waals surface area contributed by atoms with Gasteiger partial charge in [0.2, 0.25) is 0 Å². The fraction of sp³-hybridized carbons (Fsp3) is 0.286. The minimum atomic E-state index is 0.793. The molecule has 0 saturated carbocycles. The van der Waals surface area contributed by atoms with Crippen LogP contribution in [0.3, 0.4) is 0 Å². The summed E-state index contributed by atoms with van der Waals surface area (Å²) in [6.07, 6.45) is 5.42. The molecule has 0 amide bonds. The number of imidazole rings is 1. The average Bonchev–Trinajstić information content (AvgIpc) is 2.72. The molecule has 0 radical (unpaired) electrons. The molecule has 2 rings (SSSR count). The number of hydrogen-bond acceptors (Lipinski definition) is 4. The smallest absolute Gasteiger partial charge is 0.168 e. The minimum Gasteiger partial charge on any atom is -0.329 e. The number of thioether (sulfide) groups is 1. The first-order valence-corrected chi connectivity index (χ1v) is 4.79. The Morgan fingerprint density at radius 1 is 1.62 bits per heavy atom. The summed E-state index contributed by atoms with van der Waals surface area (Å²) in [4.78, 5) is 4.18. The number of nitrogens with one attached hydrogen (secondary N) is 1. The number of nitrogens with zero attached hydrogens (tertiary/aromatic N) is 4. The molecule has 2 aromatic rings. The molecule has 5 nitrogen and oxygen atoms in total. The number of H-pyrrole nitrogens is 1. The molecule has 1 N–H and O–H groups in total. The SMILES string of the molecule is Cn1ccnc1SCc1cn[nH]n1. The van der Waals surface area contributed by atoms with E-state index in [1.54, 1.807) is 24.2 Å². The van der Waals surface area contributed by atoms with Crippen LogP contribution in [0.15, 0.2) is 23.7 Å². The van der Waals surface area contributed by atoms with E-state index in [9.17, 15) is 0 Å². The second kappa shape index (κ2) is 3.61. The summed E-state index contributed by atoms with van der Waals surface area (Å²) in [5.41, 5.74) is 0.938. The summed E-state index contributed by atoms with van der Waals surface area (Å²) in [6.45, 7) is 0. The van der Waals surface area contributed by atoms with Crippen molar-refractivity contribution >= 4 is 11.8 Å². The maximum Gasteiger partial charge on any atom is 0.168 e. The van der Waals surface area contributed by atoms with Crippen molar-refractivity contribution in [2.24, 2.45) is 7.05 Å². The molecule has 0 aliphatic carbocycles. The van der Waals surface area contributed by atoms with Crippen molar-refractivity contribution in [3.63, 3.8) is 0 Å². The Balaban J connectivity index is 1.97. The molecular formula is C7H9N5S. The van der Waals surface area contributed by atoms with Crippen LogP contribution in [-0.2, 0) is 12.8 Å². The van der Waals surface area contributed by atoms with Crippen LogP contribution in [-0.4, -0.2) is 25.0 Å². The Kier molecular flexibility index (Phi) is 2.31. The monoisotopic (exact) mass is 195 g/mol. The van der Waals surface area contributed by atoms with E-state index in [1.807, 2.05) is 17.8 Å². The zero-order valence-corrected chi connectivity index (χ0v) is 7.95. The Morgan fingerprint density at radius 2 is 2.54 bits per heavy atom. The highest BCUT2D eigenvalue weighted by atomic mass is 32.2. The van der Waals surface area contributed by atoms with Crippen molar-refractivity contribution in [2.75, 3.05) is 0 Å². The first-order valence-electron chi connectivity index (χ1n) is 3.81. The topological polar surface area (TPSA) is 59.4 Å². The lowest BCUT2D eigenvalue weighted by Crippen LogP contribution is -1.89. The highest BCUT2D eigenvalue weighted by molar-refractivity contribution is 7.98. The fourth-order valence-corrected chi connectivity index (χ4v) is 1.74. The third kappa shape index (κ3) is 1.89. The highest BCUT2D eigenvalue weighted by Gasteiger charge is 2.01. The van der Waals surface area contributed by atoms with Gasteiger partial charge in [-0.2, -0.15) is 15.4 Å². The first-order chi connectivity index (χ1) is 6.36. The molecule has 0 unspecified atom stereocenters. The van der Waals surface area contributed by atoms with E-state index >= 15 is 0 Å². The van der Waals surface area contributed by atoms with Gasteiger partial charge in [0, 0.05) is 25.2 Å². The van der Waals surface area contributed by atoms with Crippen molar-refractivity contribution in [1.82, 2.24) is 25.0 Å². The van der Waals surface area contributed by atoms with Crippen molar-refractivity contribution in [3.8, 4) is 0 Å². The van der Waals surface area contributed by atoms with Gasteiger partial charge in [0.05, 0.1) is 11.9 Å². The number of aromatic nitrogens is 5. The molecule has 0 spiro atoms. The standard InChI is InChI=1S/C7H9N5S/c1-12-3-2-8-7(12)13-5-6-4-9-11-10-6/h2-4H,5H2,1H3,(H,9,10,11). The maximum absolute atomic E-state index is 4.18. The largest absolute Gasteiger partial charge is 0.329 e. The quantitative estimate of drug-likeness (QED) is 0.737. The van der Waals surface area contributed by atoms with Crippen molar-refractivity contribution in [2.45, 2.75) is 10.9 Å². The number of aryl methyl sites for hydroxylation is 1. The molecule has 68 valence electrons. The normalized spacial score (nSPS) is 10.5. The van der Waals surface area contributed by atoms with Crippen LogP contribution in [0.5, 0.6) is 0 Å². The summed E-state index contributed by atoms with van der Waals surface area (Å²) in [6, 6.07) is 0. The second-order valence-corrected chi connectivity index (χ2v) is 3.51. The predicted molar refractivity (Wildman–Crippen MR) is 49.2 cm³/mol. The van der Waals surface area contributed by atoms with Gasteiger partial charge in [0.25, 0.3) is 0 Å². The molecule has 0 aliphatic heterocycles. The van der Waals surface area contributed by atoms with Crippen LogP contribution >= 0.6 is 11.8 Å². The van der Waals surface area contributed by atoms with Crippen molar-refractivity contribution < 1.29 is 0 Å². The third-order valence-corrected chi connectivity index (χ3v) is 2.68. The third-order valence-electron chi connectivity index (χ3n) is 1.59. The highest BCUT2D eigenvalue weighted by Crippen LogP contribution is 2.18. The molecule has 6 heteroatoms. The molecular weight excluding hydrogens is 186 g/mol. The van der Waals surface area contributed by atoms with E-state index < -0.39 is 0 Å². The van der Waals surface area contributed by atoms with Gasteiger partial charge < -0.3 is 4.57 Å². The Bertz CT molecular complexity index is 366. The van der Waals surface area contributed by atoms with Gasteiger partial charge in [0.1, 0.15) is 0 Å². The van der Waals surface area contributed by atoms with Gasteiger partial charge in [-0.25, -0.2) is 4.98 Å². The summed E-state index contributed by atoms with van der Waals surface area (Å²) in [5.74, 6) is 0.793. The van der Waals surface area contributed by atoms with E-state index in [2.05, 4.69) is 20.4 Å². The Hall–Kier alpha value is -1.30. The zero-order chi connectivity index (χ0) is 9.10. The molecule has 0 fully saturated rings. The molecule has 0 saturated heterocycles. The maximum atomic E-state index is 4.18. The van der Waals surface area contributed by atoms with Crippen molar-refractivity contribution in [1.29, 1.82) is 0 Å². The molecule has 2 aromatic heterocycles. The van der Waals surface area contributed by atoms with Crippen LogP contribution < -0.4 is 0 Å². The number of aromatic amines is 1. The van der Waals surface area contributed by atoms with Gasteiger partial charge in [-0.1, -0.05) is 11.8 Å². The lowest BCUT2D eigenvalue weighted by atomic mass is 10.6. The molecule has 13 heavy (non-hydrogen) atoms. The minimum absolute atomic E-state index is 0.793. The molecule has 0 atom stereocenters. The summed E-state index contributed by atoms with van der Waals surface area (Å²) in [5, 5.41) is 11.2. The van der Waals surface area contributed by atoms with Crippen LogP contribution in [0.25, 0.3) is 0 Å². The van der Waals surface area contributed by atoms with Gasteiger partial charge in [0.15, 0.2) is 5.16 Å². The van der Waals surface area contributed by atoms with E-state index in [-0.39, 0.29) is 0 Å². The van der Waals surface area contributed by atoms with E-state index in [4.69, 9.17) is 0 Å². The van der Waals surface area contributed by atoms with Crippen molar-refractivity contribution in [3.05, 3.63) is 24.3 Å². The average molecular weight is 195 g/mol. The predicted octanol–water partition coefficient (Wildman–Crippen LogP) is 0.830. The molecule has 2 heterocycles. The van der Waals surface area contributed by atoms with Gasteiger partial charge in [-0.3, -0.25) is 0 Å². The van der Waals surface area contributed by atoms with Crippen LogP contribution in [0.2, 0.25) is 0 Å². The summed E-state index contributed by atoms with van der Waals surface area (Å²) >= 11 is 1.64. The Labute approximate surface area is 79.6 Å². The number of hydrogen-bond donors (Lipinski definition) is 1. The van der Waals surface area contributed by atoms with Gasteiger partial charge in [-0.15, -0.1) is 0 Å². The lowest BCUT2D eigenvalue weighted by molar-refractivity contribution is 0.789. The molecule has 0 aromatic carbocycles. The van der Waals surface area contributed by atoms with Gasteiger partial charge in [-0.05, 0) is 0 Å². The number of rotatable bonds is 3. The van der Waals surface area contributed by atoms with E-state index in [1.165, 1.54) is 0 Å². The first kappa shape index (κ1) is 8.31. The van der Waals surface area contributed by atoms with Crippen LogP contribution in [0.1, 0.15) is 5.69 Å². The van der Waals surface area contributed by atoms with E-state index in [0.29, 0.717) is 0 Å². The zero-order valence-electron chi connectivity index (χ0n) is 7.14. The lowest BCUT2D eigenvalue weighted by Gasteiger charge is -1.97. The molecule has 0 bridgehead atoms. The van der Waals surface area contributed by atoms with E-state index in [0.717, 1.165) is 16.6 Å². The second-order valence-electron chi connectivity index (χ2n) is 2.57. The van der Waals surface area contributed by atoms with Crippen LogP contribution in [0.4, 0.5) is 0 Å². The summed E-state index contributed by atoms with van der Waals surface area (Å²) < 4.78 is 1.98. The molecule has 0 aliphatic rings. The van der Waals surface area contributed by atoms with Crippen LogP contribution in [0, 0.1) is 0 Å². The van der Waals surface area contributed by atoms with Gasteiger partial charge >= 0.3 is 0 Å². The fourth-order valence-electron chi connectivity index (χ4n) is 0.924. The Morgan fingerprint density at radius 3 is 3.15 bits per heavy atom.